The predicted octanol–water partition coefficient (Wildman–Crippen LogP) is 3.33. The van der Waals surface area contributed by atoms with Crippen LogP contribution in [0, 0.1) is 15.9 Å². The number of thioether (sulfide) groups is 1. The third-order valence-corrected chi connectivity index (χ3v) is 6.07. The van der Waals surface area contributed by atoms with Crippen molar-refractivity contribution in [2.45, 2.75) is 17.4 Å². The largest absolute Gasteiger partial charge is 0.378 e. The van der Waals surface area contributed by atoms with Gasteiger partial charge in [0.25, 0.3) is 15.7 Å². The first-order valence-electron chi connectivity index (χ1n) is 7.88. The van der Waals surface area contributed by atoms with E-state index in [1.165, 1.54) is 36.0 Å². The lowest BCUT2D eigenvalue weighted by atomic mass is 9.92. The lowest BCUT2D eigenvalue weighted by molar-refractivity contribution is -0.387. The molecule has 0 saturated carbocycles. The summed E-state index contributed by atoms with van der Waals surface area (Å²) in [6.45, 7) is 1.63. The molecule has 11 heteroatoms. The fourth-order valence-electron chi connectivity index (χ4n) is 2.70. The molecule has 1 heterocycles. The molecule has 0 bridgehead atoms. The number of sulfonamides is 1. The number of benzene rings is 2. The highest BCUT2D eigenvalue weighted by Gasteiger charge is 2.30. The average Bonchev–Trinajstić information content (AvgIpc) is 2.63. The number of rotatable bonds is 5. The quantitative estimate of drug-likeness (QED) is 0.562. The second kappa shape index (κ2) is 7.24. The van der Waals surface area contributed by atoms with Crippen LogP contribution in [0.1, 0.15) is 12.5 Å². The number of aliphatic imine (C=N–C) groups is 1. The summed E-state index contributed by atoms with van der Waals surface area (Å²) in [5.41, 5.74) is 4.19. The van der Waals surface area contributed by atoms with Gasteiger partial charge in [0, 0.05) is 17.3 Å². The third-order valence-electron chi connectivity index (χ3n) is 4.04. The maximum Gasteiger partial charge on any atom is 0.289 e. The minimum absolute atomic E-state index is 0.0381. The van der Waals surface area contributed by atoms with Crippen molar-refractivity contribution in [2.24, 2.45) is 10.7 Å². The van der Waals surface area contributed by atoms with Gasteiger partial charge in [-0.2, -0.15) is 0 Å². The number of amidine groups is 1. The lowest BCUT2D eigenvalue weighted by Gasteiger charge is -2.26. The molecule has 0 unspecified atom stereocenters. The van der Waals surface area contributed by atoms with Gasteiger partial charge in [-0.1, -0.05) is 23.9 Å². The number of hydrogen-bond acceptors (Lipinski definition) is 7. The summed E-state index contributed by atoms with van der Waals surface area (Å²) in [7, 11) is -4.28. The van der Waals surface area contributed by atoms with E-state index in [9.17, 15) is 22.9 Å². The Labute approximate surface area is 164 Å². The van der Waals surface area contributed by atoms with Crippen molar-refractivity contribution >= 4 is 38.3 Å². The van der Waals surface area contributed by atoms with Crippen LogP contribution in [0.3, 0.4) is 0 Å². The number of para-hydroxylation sites is 1. The zero-order valence-electron chi connectivity index (χ0n) is 14.5. The molecule has 0 aromatic heterocycles. The first-order valence-corrected chi connectivity index (χ1v) is 10.2. The van der Waals surface area contributed by atoms with Crippen molar-refractivity contribution in [3.8, 4) is 0 Å². The Morgan fingerprint density at radius 1 is 1.29 bits per heavy atom. The summed E-state index contributed by atoms with van der Waals surface area (Å²) >= 11 is 1.19. The minimum atomic E-state index is -4.28. The Hall–Kier alpha value is -2.92. The molecule has 2 aromatic rings. The fraction of sp³-hybridized carbons (Fsp3) is 0.118. The first kappa shape index (κ1) is 19.8. The second-order valence-electron chi connectivity index (χ2n) is 6.04. The SMILES string of the molecule is C[C@@]1(c2cc(NS(=O)(=O)c3ccccc3[N+](=O)[O-])ccc2F)C=CSC(N)=N1. The number of nitro benzene ring substituents is 1. The van der Waals surface area contributed by atoms with E-state index in [2.05, 4.69) is 9.71 Å². The van der Waals surface area contributed by atoms with Gasteiger partial charge in [-0.25, -0.2) is 17.8 Å². The molecule has 0 saturated heterocycles. The molecule has 146 valence electrons. The van der Waals surface area contributed by atoms with Gasteiger partial charge in [-0.15, -0.1) is 0 Å². The molecule has 2 aromatic carbocycles. The van der Waals surface area contributed by atoms with E-state index in [0.29, 0.717) is 0 Å². The van der Waals surface area contributed by atoms with Gasteiger partial charge in [-0.05, 0) is 42.7 Å². The number of hydrogen-bond donors (Lipinski definition) is 2. The van der Waals surface area contributed by atoms with Gasteiger partial charge >= 0.3 is 0 Å². The van der Waals surface area contributed by atoms with Crippen LogP contribution in [-0.2, 0) is 15.6 Å². The number of halogens is 1. The minimum Gasteiger partial charge on any atom is -0.378 e. The second-order valence-corrected chi connectivity index (χ2v) is 8.62. The van der Waals surface area contributed by atoms with Crippen LogP contribution in [0.15, 0.2) is 63.8 Å². The van der Waals surface area contributed by atoms with E-state index in [1.54, 1.807) is 18.4 Å². The zero-order chi connectivity index (χ0) is 20.5. The van der Waals surface area contributed by atoms with E-state index >= 15 is 0 Å². The summed E-state index contributed by atoms with van der Waals surface area (Å²) < 4.78 is 42.0. The highest BCUT2D eigenvalue weighted by molar-refractivity contribution is 8.16. The molecule has 8 nitrogen and oxygen atoms in total. The van der Waals surface area contributed by atoms with Gasteiger partial charge in [-0.3, -0.25) is 14.8 Å². The van der Waals surface area contributed by atoms with Crippen LogP contribution in [0.2, 0.25) is 0 Å². The van der Waals surface area contributed by atoms with Crippen LogP contribution < -0.4 is 10.5 Å². The maximum atomic E-state index is 14.4. The van der Waals surface area contributed by atoms with Gasteiger partial charge in [0.15, 0.2) is 10.1 Å². The number of anilines is 1. The van der Waals surface area contributed by atoms with Crippen molar-refractivity contribution in [3.05, 3.63) is 75.4 Å². The number of nitrogens with one attached hydrogen (secondary N) is 1. The smallest absolute Gasteiger partial charge is 0.289 e. The Morgan fingerprint density at radius 3 is 2.68 bits per heavy atom. The van der Waals surface area contributed by atoms with Crippen molar-refractivity contribution in [1.82, 2.24) is 0 Å². The monoisotopic (exact) mass is 422 g/mol. The maximum absolute atomic E-state index is 14.4. The fourth-order valence-corrected chi connectivity index (χ4v) is 4.64. The summed E-state index contributed by atoms with van der Waals surface area (Å²) in [5.74, 6) is -0.593. The first-order chi connectivity index (χ1) is 13.1. The molecule has 0 spiro atoms. The molecule has 3 rings (SSSR count). The van der Waals surface area contributed by atoms with E-state index in [4.69, 9.17) is 5.73 Å². The van der Waals surface area contributed by atoms with Crippen LogP contribution in [0.5, 0.6) is 0 Å². The normalized spacial score (nSPS) is 19.1. The van der Waals surface area contributed by atoms with Crippen molar-refractivity contribution in [2.75, 3.05) is 4.72 Å². The predicted molar refractivity (Wildman–Crippen MR) is 106 cm³/mol. The molecule has 0 aliphatic carbocycles. The van der Waals surface area contributed by atoms with E-state index < -0.39 is 36.9 Å². The molecular weight excluding hydrogens is 407 g/mol. The summed E-state index contributed by atoms with van der Waals surface area (Å²) in [6, 6.07) is 8.57. The molecule has 28 heavy (non-hydrogen) atoms. The van der Waals surface area contributed by atoms with Gasteiger partial charge in [0.1, 0.15) is 11.4 Å². The molecule has 1 aliphatic rings. The summed E-state index contributed by atoms with van der Waals surface area (Å²) in [6.07, 6.45) is 1.65. The van der Waals surface area contributed by atoms with E-state index in [-0.39, 0.29) is 16.4 Å². The van der Waals surface area contributed by atoms with Crippen LogP contribution in [0.25, 0.3) is 0 Å². The lowest BCUT2D eigenvalue weighted by Crippen LogP contribution is -2.25. The van der Waals surface area contributed by atoms with Crippen molar-refractivity contribution in [3.63, 3.8) is 0 Å². The van der Waals surface area contributed by atoms with Crippen LogP contribution in [0.4, 0.5) is 15.8 Å². The van der Waals surface area contributed by atoms with Gasteiger partial charge in [0.05, 0.1) is 4.92 Å². The molecule has 0 fully saturated rings. The average molecular weight is 422 g/mol. The Kier molecular flexibility index (Phi) is 5.13. The van der Waals surface area contributed by atoms with Crippen molar-refractivity contribution < 1.29 is 17.7 Å². The molecule has 3 N–H and O–H groups in total. The molecular formula is C17H15FN4O4S2. The Morgan fingerprint density at radius 2 is 2.00 bits per heavy atom. The molecule has 0 amide bonds. The highest BCUT2D eigenvalue weighted by atomic mass is 32.2. The summed E-state index contributed by atoms with van der Waals surface area (Å²) in [4.78, 5) is 14.1. The van der Waals surface area contributed by atoms with E-state index in [1.807, 2.05) is 0 Å². The molecule has 1 atom stereocenters. The summed E-state index contributed by atoms with van der Waals surface area (Å²) in [5, 5.41) is 13.0. The molecule has 1 aliphatic heterocycles. The van der Waals surface area contributed by atoms with E-state index in [0.717, 1.165) is 18.2 Å². The highest BCUT2D eigenvalue weighted by Crippen LogP contribution is 2.36. The van der Waals surface area contributed by atoms with Crippen molar-refractivity contribution in [1.29, 1.82) is 0 Å². The zero-order valence-corrected chi connectivity index (χ0v) is 16.1. The standard InChI is InChI=1S/C17H15FN4O4S2/c1-17(8-9-27-16(19)20-17)12-10-11(6-7-13(12)18)21-28(25,26)15-5-3-2-4-14(15)22(23)24/h2-10,21H,1H3,(H2,19,20)/t17-/m0/s1. The topological polar surface area (TPSA) is 128 Å². The van der Waals surface area contributed by atoms with Gasteiger partial charge in [0.2, 0.25) is 0 Å². The number of nitrogens with two attached hydrogens (primary N) is 1. The van der Waals surface area contributed by atoms with Crippen LogP contribution in [-0.4, -0.2) is 18.5 Å². The Balaban J connectivity index is 2.02. The number of nitro groups is 1. The van der Waals surface area contributed by atoms with Crippen LogP contribution >= 0.6 is 11.8 Å². The van der Waals surface area contributed by atoms with Gasteiger partial charge < -0.3 is 5.73 Å². The number of nitrogens with zero attached hydrogens (tertiary/aromatic N) is 2. The Bertz CT molecular complexity index is 1120. The third kappa shape index (κ3) is 3.85. The molecule has 0 radical (unpaired) electrons.